The van der Waals surface area contributed by atoms with Gasteiger partial charge >= 0.3 is 0 Å². The molecule has 0 bridgehead atoms. The fourth-order valence-electron chi connectivity index (χ4n) is 3.42. The topological polar surface area (TPSA) is 99.3 Å². The zero-order valence-corrected chi connectivity index (χ0v) is 18.1. The van der Waals surface area contributed by atoms with Crippen molar-refractivity contribution < 1.29 is 14.1 Å². The van der Waals surface area contributed by atoms with Gasteiger partial charge in [-0.15, -0.1) is 0 Å². The fourth-order valence-corrected chi connectivity index (χ4v) is 3.42. The number of halogens is 1. The van der Waals surface area contributed by atoms with Crippen LogP contribution in [-0.2, 0) is 17.9 Å². The van der Waals surface area contributed by atoms with Gasteiger partial charge in [-0.2, -0.15) is 5.26 Å². The van der Waals surface area contributed by atoms with Crippen molar-refractivity contribution in [3.8, 4) is 6.07 Å². The lowest BCUT2D eigenvalue weighted by Crippen LogP contribution is -2.27. The molecule has 0 aliphatic heterocycles. The molecule has 0 fully saturated rings. The highest BCUT2D eigenvalue weighted by molar-refractivity contribution is 5.91. The minimum atomic E-state index is -0.480. The standard InChI is InChI=1S/C25H23FN4O3/c1-18-13-23(30(32)33)9-10-24(18)28-25(31)11-12-29(17-21-3-2-4-22(26)14-21)16-20-7-5-19(15-27)6-8-20/h2-10,13-14H,11-12,16-17H2,1H3,(H,28,31). The van der Waals surface area contributed by atoms with E-state index in [-0.39, 0.29) is 23.8 Å². The zero-order valence-electron chi connectivity index (χ0n) is 18.1. The lowest BCUT2D eigenvalue weighted by Gasteiger charge is -2.22. The minimum Gasteiger partial charge on any atom is -0.326 e. The van der Waals surface area contributed by atoms with Crippen LogP contribution in [0.25, 0.3) is 0 Å². The second-order valence-corrected chi connectivity index (χ2v) is 7.70. The molecule has 8 heteroatoms. The van der Waals surface area contributed by atoms with Crippen molar-refractivity contribution in [2.75, 3.05) is 11.9 Å². The first-order chi connectivity index (χ1) is 15.8. The van der Waals surface area contributed by atoms with Crippen molar-refractivity contribution in [3.05, 3.63) is 105 Å². The van der Waals surface area contributed by atoms with E-state index < -0.39 is 4.92 Å². The van der Waals surface area contributed by atoms with Gasteiger partial charge in [0.2, 0.25) is 5.91 Å². The minimum absolute atomic E-state index is 0.0332. The Hall–Kier alpha value is -4.09. The smallest absolute Gasteiger partial charge is 0.269 e. The molecule has 0 spiro atoms. The average molecular weight is 446 g/mol. The van der Waals surface area contributed by atoms with Gasteiger partial charge in [0.1, 0.15) is 5.82 Å². The molecule has 0 saturated carbocycles. The first-order valence-electron chi connectivity index (χ1n) is 10.3. The van der Waals surface area contributed by atoms with Gasteiger partial charge in [-0.25, -0.2) is 4.39 Å². The number of hydrogen-bond acceptors (Lipinski definition) is 5. The number of nitrogens with zero attached hydrogens (tertiary/aromatic N) is 3. The Balaban J connectivity index is 1.67. The first kappa shape index (κ1) is 23.6. The molecule has 0 unspecified atom stereocenters. The van der Waals surface area contributed by atoms with Gasteiger partial charge in [-0.1, -0.05) is 24.3 Å². The van der Waals surface area contributed by atoms with Crippen LogP contribution in [0.1, 0.15) is 28.7 Å². The number of non-ortho nitro benzene ring substituents is 1. The lowest BCUT2D eigenvalue weighted by molar-refractivity contribution is -0.384. The van der Waals surface area contributed by atoms with Gasteiger partial charge < -0.3 is 5.32 Å². The average Bonchev–Trinajstić information content (AvgIpc) is 2.79. The zero-order chi connectivity index (χ0) is 23.8. The number of aryl methyl sites for hydroxylation is 1. The SMILES string of the molecule is Cc1cc([N+](=O)[O-])ccc1NC(=O)CCN(Cc1ccc(C#N)cc1)Cc1cccc(F)c1. The molecule has 0 heterocycles. The predicted molar refractivity (Wildman–Crippen MR) is 123 cm³/mol. The van der Waals surface area contributed by atoms with Gasteiger partial charge in [0.05, 0.1) is 16.6 Å². The summed E-state index contributed by atoms with van der Waals surface area (Å²) in [4.78, 5) is 25.0. The van der Waals surface area contributed by atoms with E-state index in [1.165, 1.54) is 30.3 Å². The predicted octanol–water partition coefficient (Wildman–Crippen LogP) is 4.95. The Labute approximate surface area is 191 Å². The van der Waals surface area contributed by atoms with E-state index in [0.29, 0.717) is 36.4 Å². The third-order valence-electron chi connectivity index (χ3n) is 5.13. The number of benzene rings is 3. The largest absolute Gasteiger partial charge is 0.326 e. The van der Waals surface area contributed by atoms with Gasteiger partial charge in [0, 0.05) is 43.9 Å². The number of amides is 1. The maximum Gasteiger partial charge on any atom is 0.269 e. The maximum atomic E-state index is 13.6. The van der Waals surface area contributed by atoms with E-state index in [4.69, 9.17) is 5.26 Å². The highest BCUT2D eigenvalue weighted by atomic mass is 19.1. The molecule has 7 nitrogen and oxygen atoms in total. The number of carbonyl (C=O) groups excluding carboxylic acids is 1. The summed E-state index contributed by atoms with van der Waals surface area (Å²) in [7, 11) is 0. The summed E-state index contributed by atoms with van der Waals surface area (Å²) in [5.74, 6) is -0.548. The van der Waals surface area contributed by atoms with Crippen LogP contribution in [0.4, 0.5) is 15.8 Å². The van der Waals surface area contributed by atoms with Crippen molar-refractivity contribution in [1.82, 2.24) is 4.90 Å². The summed E-state index contributed by atoms with van der Waals surface area (Å²) in [6, 6.07) is 19.9. The van der Waals surface area contributed by atoms with E-state index in [1.807, 2.05) is 23.1 Å². The summed E-state index contributed by atoms with van der Waals surface area (Å²) >= 11 is 0. The van der Waals surface area contributed by atoms with Crippen LogP contribution in [0, 0.1) is 34.2 Å². The van der Waals surface area contributed by atoms with E-state index in [2.05, 4.69) is 11.4 Å². The number of carbonyl (C=O) groups is 1. The van der Waals surface area contributed by atoms with Crippen molar-refractivity contribution in [1.29, 1.82) is 5.26 Å². The van der Waals surface area contributed by atoms with Gasteiger partial charge in [0.15, 0.2) is 0 Å². The number of nitriles is 1. The van der Waals surface area contributed by atoms with Crippen LogP contribution in [0.2, 0.25) is 0 Å². The molecule has 3 rings (SSSR count). The Morgan fingerprint density at radius 2 is 1.82 bits per heavy atom. The highest BCUT2D eigenvalue weighted by Gasteiger charge is 2.13. The maximum absolute atomic E-state index is 13.6. The fraction of sp³-hybridized carbons (Fsp3) is 0.200. The van der Waals surface area contributed by atoms with Crippen molar-refractivity contribution in [2.45, 2.75) is 26.4 Å². The van der Waals surface area contributed by atoms with Crippen LogP contribution < -0.4 is 5.32 Å². The third kappa shape index (κ3) is 6.95. The number of hydrogen-bond donors (Lipinski definition) is 1. The van der Waals surface area contributed by atoms with E-state index in [1.54, 1.807) is 25.1 Å². The third-order valence-corrected chi connectivity index (χ3v) is 5.13. The molecule has 0 aliphatic rings. The molecule has 0 saturated heterocycles. The Bertz CT molecular complexity index is 1190. The molecular weight excluding hydrogens is 423 g/mol. The molecular formula is C25H23FN4O3. The molecule has 1 amide bonds. The Morgan fingerprint density at radius 1 is 1.09 bits per heavy atom. The number of nitro benzene ring substituents is 1. The lowest BCUT2D eigenvalue weighted by atomic mass is 10.1. The summed E-state index contributed by atoms with van der Waals surface area (Å²) in [5, 5.41) is 22.7. The van der Waals surface area contributed by atoms with Gasteiger partial charge in [-0.3, -0.25) is 19.8 Å². The molecule has 33 heavy (non-hydrogen) atoms. The number of nitro groups is 1. The van der Waals surface area contributed by atoms with Crippen molar-refractivity contribution in [2.24, 2.45) is 0 Å². The van der Waals surface area contributed by atoms with Crippen LogP contribution in [0.3, 0.4) is 0 Å². The monoisotopic (exact) mass is 446 g/mol. The quantitative estimate of drug-likeness (QED) is 0.371. The van der Waals surface area contributed by atoms with Gasteiger partial charge in [0.25, 0.3) is 5.69 Å². The van der Waals surface area contributed by atoms with Gasteiger partial charge in [-0.05, 0) is 53.9 Å². The van der Waals surface area contributed by atoms with E-state index >= 15 is 0 Å². The summed E-state index contributed by atoms with van der Waals surface area (Å²) in [6.07, 6.45) is 0.183. The molecule has 0 radical (unpaired) electrons. The second kappa shape index (κ2) is 11.0. The van der Waals surface area contributed by atoms with E-state index in [9.17, 15) is 19.3 Å². The molecule has 168 valence electrons. The van der Waals surface area contributed by atoms with Crippen LogP contribution in [-0.4, -0.2) is 22.3 Å². The molecule has 1 N–H and O–H groups in total. The number of rotatable bonds is 9. The summed E-state index contributed by atoms with van der Waals surface area (Å²) < 4.78 is 13.6. The molecule has 3 aromatic rings. The normalized spacial score (nSPS) is 10.6. The highest BCUT2D eigenvalue weighted by Crippen LogP contribution is 2.21. The van der Waals surface area contributed by atoms with Crippen molar-refractivity contribution >= 4 is 17.3 Å². The van der Waals surface area contributed by atoms with Crippen LogP contribution in [0.15, 0.2) is 66.7 Å². The van der Waals surface area contributed by atoms with Crippen LogP contribution in [0.5, 0.6) is 0 Å². The summed E-state index contributed by atoms with van der Waals surface area (Å²) in [5.41, 5.74) is 3.41. The van der Waals surface area contributed by atoms with Crippen molar-refractivity contribution in [3.63, 3.8) is 0 Å². The number of anilines is 1. The molecule has 0 atom stereocenters. The Morgan fingerprint density at radius 3 is 2.45 bits per heavy atom. The first-order valence-corrected chi connectivity index (χ1v) is 10.3. The molecule has 0 aliphatic carbocycles. The van der Waals surface area contributed by atoms with E-state index in [0.717, 1.165) is 11.1 Å². The molecule has 0 aromatic heterocycles. The second-order valence-electron chi connectivity index (χ2n) is 7.70. The number of nitrogens with one attached hydrogen (secondary N) is 1. The summed E-state index contributed by atoms with van der Waals surface area (Å²) in [6.45, 7) is 3.08. The Kier molecular flexibility index (Phi) is 7.84. The molecule has 3 aromatic carbocycles. The van der Waals surface area contributed by atoms with Crippen LogP contribution >= 0.6 is 0 Å².